The van der Waals surface area contributed by atoms with Crippen LogP contribution in [0.1, 0.15) is 0 Å². The summed E-state index contributed by atoms with van der Waals surface area (Å²) >= 11 is 0. The maximum atomic E-state index is 12.9. The van der Waals surface area contributed by atoms with Crippen LogP contribution in [0.15, 0.2) is 61.2 Å². The molecule has 0 aliphatic rings. The van der Waals surface area contributed by atoms with Crippen LogP contribution in [0.4, 0.5) is 18.9 Å². The van der Waals surface area contributed by atoms with Gasteiger partial charge in [0, 0.05) is 23.0 Å². The largest absolute Gasteiger partial charge is 0.406 e. The van der Waals surface area contributed by atoms with E-state index in [-0.39, 0.29) is 0 Å². The van der Waals surface area contributed by atoms with E-state index in [1.54, 1.807) is 54.9 Å². The van der Waals surface area contributed by atoms with Crippen LogP contribution in [0.3, 0.4) is 0 Å². The van der Waals surface area contributed by atoms with Crippen molar-refractivity contribution in [1.82, 2.24) is 24.5 Å². The van der Waals surface area contributed by atoms with Crippen molar-refractivity contribution < 1.29 is 21.6 Å². The fraction of sp³-hybridized carbons (Fsp3) is 0.136. The number of benzene rings is 2. The number of nitrogens with zero attached hydrogens (tertiary/aromatic N) is 4. The van der Waals surface area contributed by atoms with Gasteiger partial charge in [0.15, 0.2) is 5.65 Å². The summed E-state index contributed by atoms with van der Waals surface area (Å²) in [6.07, 6.45) is 1.12. The molecule has 0 aliphatic carbocycles. The number of fused-ring (bicyclic) bond motifs is 2. The molecule has 0 amide bonds. The molecule has 0 fully saturated rings. The Balaban J connectivity index is 1.57. The number of hydrogen-bond donors (Lipinski definition) is 2. The van der Waals surface area contributed by atoms with Gasteiger partial charge in [0.1, 0.15) is 12.1 Å². The van der Waals surface area contributed by atoms with Crippen LogP contribution in [0, 0.1) is 0 Å². The Labute approximate surface area is 191 Å². The molecule has 12 heteroatoms. The number of halogens is 3. The van der Waals surface area contributed by atoms with Crippen LogP contribution < -0.4 is 4.72 Å². The highest BCUT2D eigenvalue weighted by Crippen LogP contribution is 2.31. The number of aromatic amines is 1. The van der Waals surface area contributed by atoms with E-state index >= 15 is 0 Å². The standard InChI is InChI=1S/C22H17F3N6O2S/c1-34(32,33)30-15-4-2-3-14(7-15)18-10-27-21-20(29-18)16(9-26-21)13-5-6-17-19(8-13)31(12-28-17)11-22(23,24)25/h2-10,12,30H,11H2,1H3,(H,26,27). The van der Waals surface area contributed by atoms with E-state index < -0.39 is 22.7 Å². The van der Waals surface area contributed by atoms with Crippen molar-refractivity contribution in [2.24, 2.45) is 0 Å². The quantitative estimate of drug-likeness (QED) is 0.379. The monoisotopic (exact) mass is 486 g/mol. The summed E-state index contributed by atoms with van der Waals surface area (Å²) in [5.41, 5.74) is 4.70. The molecular weight excluding hydrogens is 469 g/mol. The number of hydrogen-bond acceptors (Lipinski definition) is 5. The molecule has 0 spiro atoms. The highest BCUT2D eigenvalue weighted by atomic mass is 32.2. The van der Waals surface area contributed by atoms with E-state index in [0.29, 0.717) is 50.3 Å². The Hall–Kier alpha value is -3.93. The van der Waals surface area contributed by atoms with Gasteiger partial charge in [-0.15, -0.1) is 0 Å². The van der Waals surface area contributed by atoms with Crippen molar-refractivity contribution in [3.8, 4) is 22.4 Å². The predicted octanol–water partition coefficient (Wildman–Crippen LogP) is 4.58. The van der Waals surface area contributed by atoms with Gasteiger partial charge in [-0.2, -0.15) is 13.2 Å². The maximum absolute atomic E-state index is 12.9. The molecule has 5 aromatic rings. The second-order valence-corrected chi connectivity index (χ2v) is 9.55. The minimum absolute atomic E-state index is 0.354. The van der Waals surface area contributed by atoms with Gasteiger partial charge in [-0.3, -0.25) is 4.72 Å². The van der Waals surface area contributed by atoms with Crippen molar-refractivity contribution in [1.29, 1.82) is 0 Å². The number of sulfonamides is 1. The van der Waals surface area contributed by atoms with Crippen molar-refractivity contribution >= 4 is 37.9 Å². The first kappa shape index (κ1) is 21.9. The van der Waals surface area contributed by atoms with Crippen molar-refractivity contribution in [2.45, 2.75) is 12.7 Å². The lowest BCUT2D eigenvalue weighted by atomic mass is 10.1. The molecule has 0 bridgehead atoms. The predicted molar refractivity (Wildman–Crippen MR) is 123 cm³/mol. The molecule has 34 heavy (non-hydrogen) atoms. The Morgan fingerprint density at radius 3 is 2.68 bits per heavy atom. The summed E-state index contributed by atoms with van der Waals surface area (Å²) in [6, 6.07) is 11.8. The van der Waals surface area contributed by atoms with Crippen molar-refractivity contribution in [3.63, 3.8) is 0 Å². The summed E-state index contributed by atoms with van der Waals surface area (Å²) in [7, 11) is -3.44. The second-order valence-electron chi connectivity index (χ2n) is 7.80. The first-order valence-electron chi connectivity index (χ1n) is 10.0. The number of anilines is 1. The van der Waals surface area contributed by atoms with Crippen LogP contribution in [-0.2, 0) is 16.6 Å². The molecule has 0 atom stereocenters. The number of aromatic nitrogens is 5. The second kappa shape index (κ2) is 7.83. The molecule has 0 aliphatic heterocycles. The van der Waals surface area contributed by atoms with Gasteiger partial charge < -0.3 is 9.55 Å². The van der Waals surface area contributed by atoms with Crippen molar-refractivity contribution in [2.75, 3.05) is 11.0 Å². The fourth-order valence-corrected chi connectivity index (χ4v) is 4.31. The van der Waals surface area contributed by atoms with E-state index in [1.165, 1.54) is 6.33 Å². The summed E-state index contributed by atoms with van der Waals surface area (Å²) in [6.45, 7) is -1.14. The normalized spacial score (nSPS) is 12.5. The zero-order valence-electron chi connectivity index (χ0n) is 17.6. The third-order valence-electron chi connectivity index (χ3n) is 5.12. The van der Waals surface area contributed by atoms with Crippen LogP contribution >= 0.6 is 0 Å². The number of rotatable bonds is 5. The molecular formula is C22H17F3N6O2S. The zero-order valence-corrected chi connectivity index (χ0v) is 18.4. The zero-order chi connectivity index (χ0) is 24.1. The SMILES string of the molecule is CS(=O)(=O)Nc1cccc(-c2cnc3[nH]cc(-c4ccc5ncn(CC(F)(F)F)c5c4)c3n2)c1. The Morgan fingerprint density at radius 1 is 1.09 bits per heavy atom. The molecule has 2 N–H and O–H groups in total. The molecule has 0 radical (unpaired) electrons. The molecule has 8 nitrogen and oxygen atoms in total. The smallest absolute Gasteiger partial charge is 0.344 e. The maximum Gasteiger partial charge on any atom is 0.406 e. The number of nitrogens with one attached hydrogen (secondary N) is 2. The molecule has 0 saturated heterocycles. The minimum Gasteiger partial charge on any atom is -0.344 e. The van der Waals surface area contributed by atoms with Crippen LogP contribution in [-0.4, -0.2) is 45.4 Å². The molecule has 0 saturated carbocycles. The van der Waals surface area contributed by atoms with Crippen LogP contribution in [0.25, 0.3) is 44.6 Å². The lowest BCUT2D eigenvalue weighted by Gasteiger charge is -2.09. The average molecular weight is 486 g/mol. The van der Waals surface area contributed by atoms with Gasteiger partial charge >= 0.3 is 6.18 Å². The highest BCUT2D eigenvalue weighted by molar-refractivity contribution is 7.92. The van der Waals surface area contributed by atoms with Gasteiger partial charge in [-0.25, -0.2) is 23.4 Å². The van der Waals surface area contributed by atoms with E-state index in [1.807, 2.05) is 0 Å². The number of imidazole rings is 1. The van der Waals surface area contributed by atoms with E-state index in [2.05, 4.69) is 19.7 Å². The van der Waals surface area contributed by atoms with Gasteiger partial charge in [-0.05, 0) is 29.8 Å². The van der Waals surface area contributed by atoms with Crippen LogP contribution in [0.2, 0.25) is 0 Å². The number of H-pyrrole nitrogens is 1. The van der Waals surface area contributed by atoms with E-state index in [9.17, 15) is 21.6 Å². The average Bonchev–Trinajstić information content (AvgIpc) is 3.35. The first-order valence-corrected chi connectivity index (χ1v) is 11.9. The highest BCUT2D eigenvalue weighted by Gasteiger charge is 2.28. The topological polar surface area (TPSA) is 106 Å². The molecule has 0 unspecified atom stereocenters. The van der Waals surface area contributed by atoms with E-state index in [4.69, 9.17) is 4.98 Å². The molecule has 3 heterocycles. The Kier molecular flexibility index (Phi) is 5.04. The van der Waals surface area contributed by atoms with Crippen LogP contribution in [0.5, 0.6) is 0 Å². The lowest BCUT2D eigenvalue weighted by Crippen LogP contribution is -2.16. The third-order valence-corrected chi connectivity index (χ3v) is 5.73. The molecule has 5 rings (SSSR count). The minimum atomic E-state index is -4.37. The molecule has 2 aromatic carbocycles. The van der Waals surface area contributed by atoms with Gasteiger partial charge in [0.2, 0.25) is 10.0 Å². The Bertz CT molecular complexity index is 1640. The van der Waals surface area contributed by atoms with Gasteiger partial charge in [-0.1, -0.05) is 18.2 Å². The fourth-order valence-electron chi connectivity index (χ4n) is 3.75. The molecule has 3 aromatic heterocycles. The van der Waals surface area contributed by atoms with E-state index in [0.717, 1.165) is 10.8 Å². The summed E-state index contributed by atoms with van der Waals surface area (Å²) in [5.74, 6) is 0. The third kappa shape index (κ3) is 4.44. The summed E-state index contributed by atoms with van der Waals surface area (Å²) in [5, 5.41) is 0. The lowest BCUT2D eigenvalue weighted by molar-refractivity contribution is -0.139. The Morgan fingerprint density at radius 2 is 1.91 bits per heavy atom. The summed E-state index contributed by atoms with van der Waals surface area (Å²) in [4.78, 5) is 16.2. The first-order chi connectivity index (χ1) is 16.1. The van der Waals surface area contributed by atoms with Gasteiger partial charge in [0.05, 0.1) is 35.5 Å². The summed E-state index contributed by atoms with van der Waals surface area (Å²) < 4.78 is 65.4. The number of alkyl halides is 3. The molecule has 174 valence electrons. The van der Waals surface area contributed by atoms with Crippen molar-refractivity contribution in [3.05, 3.63) is 61.2 Å². The van der Waals surface area contributed by atoms with Gasteiger partial charge in [0.25, 0.3) is 0 Å².